The molecule has 0 bridgehead atoms. The van der Waals surface area contributed by atoms with Crippen molar-refractivity contribution in [3.63, 3.8) is 0 Å². The van der Waals surface area contributed by atoms with Gasteiger partial charge in [0, 0.05) is 42.9 Å². The molecule has 24 heteroatoms. The highest BCUT2D eigenvalue weighted by Crippen LogP contribution is 2.32. The number of rotatable bonds is 35. The fourth-order valence-corrected chi connectivity index (χ4v) is 7.74. The summed E-state index contributed by atoms with van der Waals surface area (Å²) < 4.78 is 46.0. The van der Waals surface area contributed by atoms with Gasteiger partial charge in [0.25, 0.3) is 17.7 Å². The van der Waals surface area contributed by atoms with Gasteiger partial charge in [-0.15, -0.1) is 10.2 Å². The first-order chi connectivity index (χ1) is 36.3. The molecule has 2 aromatic carbocycles. The quantitative estimate of drug-likeness (QED) is 0.0287. The molecule has 0 aliphatic carbocycles. The van der Waals surface area contributed by atoms with Gasteiger partial charge in [0.2, 0.25) is 17.7 Å². The van der Waals surface area contributed by atoms with Gasteiger partial charge >= 0.3 is 0 Å². The first-order valence-electron chi connectivity index (χ1n) is 24.5. The first-order valence-corrected chi connectivity index (χ1v) is 24.5. The summed E-state index contributed by atoms with van der Waals surface area (Å²) in [7, 11) is 0. The van der Waals surface area contributed by atoms with E-state index in [0.717, 1.165) is 28.5 Å². The molecule has 0 spiro atoms. The van der Waals surface area contributed by atoms with Gasteiger partial charge < -0.3 is 58.8 Å². The number of furan rings is 1. The van der Waals surface area contributed by atoms with Crippen LogP contribution in [0.3, 0.4) is 0 Å². The number of aromatic nitrogens is 4. The number of hydrogen-bond donors (Lipinski definition) is 5. The lowest BCUT2D eigenvalue weighted by Gasteiger charge is -2.27. The molecule has 7 rings (SSSR count). The van der Waals surface area contributed by atoms with Gasteiger partial charge in [-0.2, -0.15) is 0 Å². The number of piperidine rings is 1. The number of amides is 6. The summed E-state index contributed by atoms with van der Waals surface area (Å²) in [6, 6.07) is 14.5. The van der Waals surface area contributed by atoms with Gasteiger partial charge in [-0.1, -0.05) is 18.2 Å². The average Bonchev–Trinajstić information content (AvgIpc) is 4.18. The smallest absolute Gasteiger partial charge is 0.264 e. The van der Waals surface area contributed by atoms with Gasteiger partial charge in [-0.05, 0) is 55.7 Å². The van der Waals surface area contributed by atoms with Crippen LogP contribution >= 0.6 is 0 Å². The van der Waals surface area contributed by atoms with Crippen molar-refractivity contribution in [1.82, 2.24) is 40.4 Å². The monoisotopic (exact) mass is 1030 g/mol. The summed E-state index contributed by atoms with van der Waals surface area (Å²) in [6.45, 7) is 7.07. The molecule has 74 heavy (non-hydrogen) atoms. The number of anilines is 2. The summed E-state index contributed by atoms with van der Waals surface area (Å²) in [5.74, 6) is -1.39. The molecule has 2 aliphatic rings. The van der Waals surface area contributed by atoms with E-state index in [0.29, 0.717) is 141 Å². The Morgan fingerprint density at radius 2 is 1.36 bits per heavy atom. The van der Waals surface area contributed by atoms with Crippen molar-refractivity contribution >= 4 is 52.6 Å². The van der Waals surface area contributed by atoms with Crippen molar-refractivity contribution in [2.45, 2.75) is 38.3 Å². The van der Waals surface area contributed by atoms with Crippen LogP contribution in [0.4, 0.5) is 11.5 Å². The van der Waals surface area contributed by atoms with E-state index >= 15 is 0 Å². The summed E-state index contributed by atoms with van der Waals surface area (Å²) in [5.41, 5.74) is 3.06. The fourth-order valence-electron chi connectivity index (χ4n) is 7.74. The maximum absolute atomic E-state index is 13.2. The molecule has 2 aliphatic heterocycles. The van der Waals surface area contributed by atoms with Crippen LogP contribution in [0.2, 0.25) is 0 Å². The van der Waals surface area contributed by atoms with Crippen molar-refractivity contribution in [3.05, 3.63) is 95.8 Å². The predicted molar refractivity (Wildman–Crippen MR) is 264 cm³/mol. The molecule has 5 N–H and O–H groups in total. The molecular formula is C50H62N10O14. The predicted octanol–water partition coefficient (Wildman–Crippen LogP) is 2.25. The number of nitrogens with zero attached hydrogens (tertiary/aromatic N) is 5. The van der Waals surface area contributed by atoms with E-state index in [1.54, 1.807) is 43.1 Å². The standard InChI is InChI=1S/C50H62N10O14/c61-42-13-12-40(48(64)57-42)60-49(65)38-6-3-7-39(44(38)50(60)66)53-33-43(62)51-14-1-2-16-67-19-21-69-23-25-71-27-29-73-30-28-72-26-24-70-22-20-68-18-15-52-47(63)36-10-8-35(9-11-36)45-46-58-56-34-59(46)41(32-55-45)54-31-37-5-4-17-74-37/h3-11,17,32,34,40,53-54H,1-2,12-16,18-31,33H2,(H,51,62)(H,52,63)(H,57,61,64). The number of hydrogen-bond acceptors (Lipinski definition) is 19. The van der Waals surface area contributed by atoms with E-state index < -0.39 is 29.7 Å². The van der Waals surface area contributed by atoms with Crippen molar-refractivity contribution in [2.75, 3.05) is 123 Å². The van der Waals surface area contributed by atoms with Crippen molar-refractivity contribution in [1.29, 1.82) is 0 Å². The molecule has 5 aromatic rings. The highest BCUT2D eigenvalue weighted by molar-refractivity contribution is 6.25. The molecule has 6 amide bonds. The largest absolute Gasteiger partial charge is 0.467 e. The second-order valence-corrected chi connectivity index (χ2v) is 16.7. The SMILES string of the molecule is O=C(CNc1cccc2c1C(=O)N(C1CCC(=O)NC1=O)C2=O)NCCCCOCCOCCOCCOCCOCCOCCOCCNC(=O)c1ccc(-c2ncc(NCc3ccco3)n3cnnc23)cc1. The third kappa shape index (κ3) is 16.2. The number of carbonyl (C=O) groups excluding carboxylic acids is 6. The first kappa shape index (κ1) is 54.6. The zero-order valence-corrected chi connectivity index (χ0v) is 41.0. The summed E-state index contributed by atoms with van der Waals surface area (Å²) in [6.07, 6.45) is 6.45. The van der Waals surface area contributed by atoms with E-state index in [1.807, 2.05) is 28.7 Å². The van der Waals surface area contributed by atoms with Crippen LogP contribution < -0.4 is 26.6 Å². The topological polar surface area (TPSA) is 287 Å². The van der Waals surface area contributed by atoms with Crippen LogP contribution in [0.15, 0.2) is 77.8 Å². The Bertz CT molecular complexity index is 2610. The molecule has 1 saturated heterocycles. The van der Waals surface area contributed by atoms with Gasteiger partial charge in [0.1, 0.15) is 29.6 Å². The number of carbonyl (C=O) groups is 6. The molecule has 24 nitrogen and oxygen atoms in total. The lowest BCUT2D eigenvalue weighted by Crippen LogP contribution is -2.54. The number of benzene rings is 2. The summed E-state index contributed by atoms with van der Waals surface area (Å²) in [5, 5.41) is 22.4. The molecule has 5 heterocycles. The fraction of sp³-hybridized carbons (Fsp3) is 0.460. The highest BCUT2D eigenvalue weighted by Gasteiger charge is 2.45. The molecule has 3 aromatic heterocycles. The van der Waals surface area contributed by atoms with Crippen LogP contribution in [0.5, 0.6) is 0 Å². The van der Waals surface area contributed by atoms with E-state index in [-0.39, 0.29) is 42.3 Å². The third-order valence-corrected chi connectivity index (χ3v) is 11.5. The summed E-state index contributed by atoms with van der Waals surface area (Å²) >= 11 is 0. The van der Waals surface area contributed by atoms with Crippen LogP contribution in [-0.2, 0) is 54.1 Å². The Balaban J connectivity index is 0.592. The number of fused-ring (bicyclic) bond motifs is 2. The van der Waals surface area contributed by atoms with Crippen LogP contribution in [-0.4, -0.2) is 178 Å². The van der Waals surface area contributed by atoms with Crippen LogP contribution in [0.1, 0.15) is 62.5 Å². The van der Waals surface area contributed by atoms with Crippen molar-refractivity contribution in [3.8, 4) is 11.3 Å². The van der Waals surface area contributed by atoms with E-state index in [1.165, 1.54) is 6.07 Å². The van der Waals surface area contributed by atoms with Crippen LogP contribution in [0.25, 0.3) is 16.9 Å². The number of imide groups is 2. The minimum atomic E-state index is -1.07. The maximum atomic E-state index is 13.2. The lowest BCUT2D eigenvalue weighted by atomic mass is 10.0. The van der Waals surface area contributed by atoms with E-state index in [9.17, 15) is 28.8 Å². The van der Waals surface area contributed by atoms with E-state index in [2.05, 4.69) is 41.8 Å². The zero-order valence-electron chi connectivity index (χ0n) is 41.0. The molecule has 396 valence electrons. The molecule has 1 atom stereocenters. The minimum absolute atomic E-state index is 0.0265. The molecule has 0 radical (unpaired) electrons. The lowest BCUT2D eigenvalue weighted by molar-refractivity contribution is -0.136. The Hall–Kier alpha value is -7.19. The maximum Gasteiger partial charge on any atom is 0.264 e. The normalized spacial score (nSPS) is 14.4. The van der Waals surface area contributed by atoms with Gasteiger partial charge in [-0.25, -0.2) is 4.98 Å². The Morgan fingerprint density at radius 3 is 2.01 bits per heavy atom. The number of nitrogens with one attached hydrogen (secondary N) is 5. The van der Waals surface area contributed by atoms with Crippen LogP contribution in [0, 0.1) is 0 Å². The Kier molecular flexibility index (Phi) is 21.8. The zero-order chi connectivity index (χ0) is 51.7. The highest BCUT2D eigenvalue weighted by atomic mass is 16.6. The van der Waals surface area contributed by atoms with Gasteiger partial charge in [0.15, 0.2) is 5.65 Å². The van der Waals surface area contributed by atoms with Crippen molar-refractivity contribution < 1.29 is 66.3 Å². The van der Waals surface area contributed by atoms with Gasteiger partial charge in [-0.3, -0.25) is 43.4 Å². The second kappa shape index (κ2) is 29.5. The molecule has 0 saturated carbocycles. The number of ether oxygens (including phenoxy) is 7. The average molecular weight is 1030 g/mol. The van der Waals surface area contributed by atoms with Crippen molar-refractivity contribution in [2.24, 2.45) is 0 Å². The molecular weight excluding hydrogens is 965 g/mol. The van der Waals surface area contributed by atoms with Gasteiger partial charge in [0.05, 0.1) is 123 Å². The van der Waals surface area contributed by atoms with E-state index in [4.69, 9.17) is 37.6 Å². The third-order valence-electron chi connectivity index (χ3n) is 11.5. The summed E-state index contributed by atoms with van der Waals surface area (Å²) in [4.78, 5) is 80.8. The number of unbranched alkanes of at least 4 members (excludes halogenated alkanes) is 1. The minimum Gasteiger partial charge on any atom is -0.467 e. The second-order valence-electron chi connectivity index (χ2n) is 16.7. The Labute approximate surface area is 426 Å². The Morgan fingerprint density at radius 1 is 0.703 bits per heavy atom. The molecule has 1 fully saturated rings. The molecule has 1 unspecified atom stereocenters.